The van der Waals surface area contributed by atoms with E-state index in [2.05, 4.69) is 5.32 Å². The van der Waals surface area contributed by atoms with Gasteiger partial charge in [0.05, 0.1) is 11.8 Å². The van der Waals surface area contributed by atoms with E-state index in [1.165, 1.54) is 0 Å². The number of nitrogens with zero attached hydrogens (tertiary/aromatic N) is 1. The Labute approximate surface area is 189 Å². The Kier molecular flexibility index (Phi) is 6.88. The molecule has 0 saturated carbocycles. The summed E-state index contributed by atoms with van der Waals surface area (Å²) < 4.78 is 0. The van der Waals surface area contributed by atoms with Gasteiger partial charge in [0.25, 0.3) is 0 Å². The van der Waals surface area contributed by atoms with Gasteiger partial charge in [-0.2, -0.15) is 0 Å². The molecule has 4 rings (SSSR count). The van der Waals surface area contributed by atoms with Crippen LogP contribution in [0.2, 0.25) is 0 Å². The maximum Gasteiger partial charge on any atom is 0.245 e. The van der Waals surface area contributed by atoms with Gasteiger partial charge in [0.2, 0.25) is 5.91 Å². The molecule has 0 radical (unpaired) electrons. The van der Waals surface area contributed by atoms with Gasteiger partial charge in [0, 0.05) is 11.1 Å². The summed E-state index contributed by atoms with van der Waals surface area (Å²) >= 11 is 0. The summed E-state index contributed by atoms with van der Waals surface area (Å²) in [5.41, 5.74) is 4.86. The molecule has 0 aliphatic heterocycles. The highest BCUT2D eigenvalue weighted by Gasteiger charge is 2.21. The SMILES string of the molecule is C[C@@H](N=C(c1ccccc1)c1ccccc1)C(=O)NC(c1ccccc1)c1ccccc1. The van der Waals surface area contributed by atoms with Crippen LogP contribution < -0.4 is 5.32 Å². The van der Waals surface area contributed by atoms with E-state index in [-0.39, 0.29) is 11.9 Å². The Morgan fingerprint density at radius 2 is 1.00 bits per heavy atom. The Morgan fingerprint density at radius 1 is 0.625 bits per heavy atom. The van der Waals surface area contributed by atoms with E-state index in [1.54, 1.807) is 0 Å². The third-order valence-electron chi connectivity index (χ3n) is 5.35. The monoisotopic (exact) mass is 418 g/mol. The summed E-state index contributed by atoms with van der Waals surface area (Å²) in [5, 5.41) is 3.21. The van der Waals surface area contributed by atoms with Crippen molar-refractivity contribution in [2.75, 3.05) is 0 Å². The van der Waals surface area contributed by atoms with Gasteiger partial charge in [0.15, 0.2) is 0 Å². The average molecular weight is 419 g/mol. The molecule has 1 amide bonds. The van der Waals surface area contributed by atoms with Gasteiger partial charge in [-0.15, -0.1) is 0 Å². The molecule has 0 saturated heterocycles. The van der Waals surface area contributed by atoms with E-state index in [4.69, 9.17) is 4.99 Å². The van der Waals surface area contributed by atoms with Gasteiger partial charge < -0.3 is 5.32 Å². The predicted octanol–water partition coefficient (Wildman–Crippen LogP) is 5.82. The van der Waals surface area contributed by atoms with Gasteiger partial charge in [-0.1, -0.05) is 121 Å². The lowest BCUT2D eigenvalue weighted by molar-refractivity contribution is -0.122. The predicted molar refractivity (Wildman–Crippen MR) is 131 cm³/mol. The molecule has 0 bridgehead atoms. The molecule has 0 spiro atoms. The molecule has 0 aromatic heterocycles. The second-order valence-electron chi connectivity index (χ2n) is 7.65. The number of aliphatic imine (C=N–C) groups is 1. The minimum Gasteiger partial charge on any atom is -0.343 e. The summed E-state index contributed by atoms with van der Waals surface area (Å²) in [6.07, 6.45) is 0. The third-order valence-corrected chi connectivity index (χ3v) is 5.35. The van der Waals surface area contributed by atoms with E-state index in [0.717, 1.165) is 28.0 Å². The number of amides is 1. The van der Waals surface area contributed by atoms with Crippen LogP contribution in [0, 0.1) is 0 Å². The summed E-state index contributed by atoms with van der Waals surface area (Å²) in [5.74, 6) is -0.118. The molecule has 32 heavy (non-hydrogen) atoms. The van der Waals surface area contributed by atoms with Gasteiger partial charge >= 0.3 is 0 Å². The van der Waals surface area contributed by atoms with Crippen LogP contribution >= 0.6 is 0 Å². The first-order chi connectivity index (χ1) is 15.7. The second kappa shape index (κ2) is 10.4. The van der Waals surface area contributed by atoms with Crippen LogP contribution in [0.1, 0.15) is 35.2 Å². The van der Waals surface area contributed by atoms with Crippen molar-refractivity contribution in [3.63, 3.8) is 0 Å². The Balaban J connectivity index is 1.64. The van der Waals surface area contributed by atoms with Crippen LogP contribution in [0.4, 0.5) is 0 Å². The van der Waals surface area contributed by atoms with E-state index in [1.807, 2.05) is 128 Å². The quantitative estimate of drug-likeness (QED) is 0.378. The zero-order valence-corrected chi connectivity index (χ0v) is 18.1. The first kappa shape index (κ1) is 21.3. The molecular formula is C29H26N2O. The van der Waals surface area contributed by atoms with Crippen molar-refractivity contribution in [2.24, 2.45) is 4.99 Å². The van der Waals surface area contributed by atoms with Crippen LogP contribution in [0.3, 0.4) is 0 Å². The van der Waals surface area contributed by atoms with E-state index in [0.29, 0.717) is 0 Å². The number of rotatable bonds is 7. The molecule has 1 atom stereocenters. The highest BCUT2D eigenvalue weighted by atomic mass is 16.2. The summed E-state index contributed by atoms with van der Waals surface area (Å²) in [7, 11) is 0. The number of hydrogen-bond acceptors (Lipinski definition) is 2. The molecule has 1 N–H and O–H groups in total. The Morgan fingerprint density at radius 3 is 1.41 bits per heavy atom. The molecule has 0 aliphatic carbocycles. The van der Waals surface area contributed by atoms with Crippen molar-refractivity contribution in [3.8, 4) is 0 Å². The lowest BCUT2D eigenvalue weighted by Crippen LogP contribution is -2.36. The number of carbonyl (C=O) groups excluding carboxylic acids is 1. The van der Waals surface area contributed by atoms with Crippen molar-refractivity contribution in [1.29, 1.82) is 0 Å². The van der Waals surface area contributed by atoms with Gasteiger partial charge in [0.1, 0.15) is 6.04 Å². The van der Waals surface area contributed by atoms with Crippen molar-refractivity contribution in [2.45, 2.75) is 19.0 Å². The molecule has 4 aromatic carbocycles. The van der Waals surface area contributed by atoms with Crippen LogP contribution in [-0.4, -0.2) is 17.7 Å². The first-order valence-corrected chi connectivity index (χ1v) is 10.8. The molecule has 158 valence electrons. The third kappa shape index (κ3) is 5.19. The largest absolute Gasteiger partial charge is 0.343 e. The highest BCUT2D eigenvalue weighted by molar-refractivity contribution is 6.13. The van der Waals surface area contributed by atoms with Crippen LogP contribution in [-0.2, 0) is 4.79 Å². The fraction of sp³-hybridized carbons (Fsp3) is 0.103. The standard InChI is InChI=1S/C29H26N2O/c1-22(30-27(23-14-6-2-7-15-23)24-16-8-3-9-17-24)29(32)31-28(25-18-10-4-11-19-25)26-20-12-5-13-21-26/h2-22,28H,1H3,(H,31,32)/t22-/m1/s1. The van der Waals surface area contributed by atoms with Crippen LogP contribution in [0.15, 0.2) is 126 Å². The van der Waals surface area contributed by atoms with Gasteiger partial charge in [-0.05, 0) is 18.1 Å². The minimum atomic E-state index is -0.555. The molecule has 0 heterocycles. The smallest absolute Gasteiger partial charge is 0.245 e. The topological polar surface area (TPSA) is 41.5 Å². The number of nitrogens with one attached hydrogen (secondary N) is 1. The maximum absolute atomic E-state index is 13.3. The Bertz CT molecular complexity index is 1080. The maximum atomic E-state index is 13.3. The molecule has 0 fully saturated rings. The van der Waals surface area contributed by atoms with E-state index < -0.39 is 6.04 Å². The molecular weight excluding hydrogens is 392 g/mol. The lowest BCUT2D eigenvalue weighted by Gasteiger charge is -2.21. The van der Waals surface area contributed by atoms with Crippen molar-refractivity contribution >= 4 is 11.6 Å². The zero-order valence-electron chi connectivity index (χ0n) is 18.1. The van der Waals surface area contributed by atoms with E-state index >= 15 is 0 Å². The number of benzene rings is 4. The zero-order chi connectivity index (χ0) is 22.2. The summed E-state index contributed by atoms with van der Waals surface area (Å²) in [6.45, 7) is 1.84. The molecule has 0 unspecified atom stereocenters. The molecule has 3 heteroatoms. The summed E-state index contributed by atoms with van der Waals surface area (Å²) in [4.78, 5) is 18.1. The average Bonchev–Trinajstić information content (AvgIpc) is 2.87. The molecule has 3 nitrogen and oxygen atoms in total. The fourth-order valence-corrected chi connectivity index (χ4v) is 3.67. The number of hydrogen-bond donors (Lipinski definition) is 1. The highest BCUT2D eigenvalue weighted by Crippen LogP contribution is 2.22. The van der Waals surface area contributed by atoms with Crippen LogP contribution in [0.25, 0.3) is 0 Å². The van der Waals surface area contributed by atoms with Gasteiger partial charge in [-0.25, -0.2) is 0 Å². The van der Waals surface area contributed by atoms with Crippen LogP contribution in [0.5, 0.6) is 0 Å². The Hall–Kier alpha value is -3.98. The minimum absolute atomic E-state index is 0.118. The normalized spacial score (nSPS) is 11.6. The van der Waals surface area contributed by atoms with Crippen molar-refractivity contribution in [3.05, 3.63) is 144 Å². The molecule has 0 aliphatic rings. The van der Waals surface area contributed by atoms with Crippen molar-refractivity contribution in [1.82, 2.24) is 5.32 Å². The second-order valence-corrected chi connectivity index (χ2v) is 7.65. The van der Waals surface area contributed by atoms with Crippen molar-refractivity contribution < 1.29 is 4.79 Å². The van der Waals surface area contributed by atoms with Gasteiger partial charge in [-0.3, -0.25) is 9.79 Å². The van der Waals surface area contributed by atoms with E-state index in [9.17, 15) is 4.79 Å². The lowest BCUT2D eigenvalue weighted by atomic mass is 9.98. The summed E-state index contributed by atoms with van der Waals surface area (Å²) in [6, 6.07) is 39.2. The molecule has 4 aromatic rings. The first-order valence-electron chi connectivity index (χ1n) is 10.8. The number of carbonyl (C=O) groups is 1. The fourth-order valence-electron chi connectivity index (χ4n) is 3.67.